The Bertz CT molecular complexity index is 396. The maximum absolute atomic E-state index is 10.8. The zero-order valence-electron chi connectivity index (χ0n) is 15.7. The van der Waals surface area contributed by atoms with E-state index in [0.29, 0.717) is 13.2 Å². The number of unbranched alkanes of at least 4 members (excludes halogenated alkanes) is 8. The van der Waals surface area contributed by atoms with E-state index in [2.05, 4.69) is 13.5 Å². The molecule has 6 nitrogen and oxygen atoms in total. The molecule has 25 heavy (non-hydrogen) atoms. The predicted octanol–water partition coefficient (Wildman–Crippen LogP) is 3.97. The lowest BCUT2D eigenvalue weighted by atomic mass is 10.1. The number of ether oxygens (including phenoxy) is 3. The standard InChI is InChI=1S/C18H36O6S/c1-3-5-6-7-8-9-10-11-12-14-23-16-18(15-22-13-4-2)24-17-25(19,20)21/h4,18H,2-3,5-17H2,1H3,(H,19,20,21). The molecule has 0 rings (SSSR count). The van der Waals surface area contributed by atoms with Gasteiger partial charge in [0.05, 0.1) is 19.8 Å². The molecule has 1 N–H and O–H groups in total. The van der Waals surface area contributed by atoms with Crippen molar-refractivity contribution < 1.29 is 27.2 Å². The summed E-state index contributed by atoms with van der Waals surface area (Å²) in [5.74, 6) is -0.753. The fraction of sp³-hybridized carbons (Fsp3) is 0.889. The van der Waals surface area contributed by atoms with E-state index >= 15 is 0 Å². The van der Waals surface area contributed by atoms with Gasteiger partial charge in [-0.1, -0.05) is 64.4 Å². The topological polar surface area (TPSA) is 82.1 Å². The summed E-state index contributed by atoms with van der Waals surface area (Å²) < 4.78 is 46.2. The summed E-state index contributed by atoms with van der Waals surface area (Å²) in [5, 5.41) is 0. The van der Waals surface area contributed by atoms with Crippen molar-refractivity contribution in [2.75, 3.05) is 32.4 Å². The van der Waals surface area contributed by atoms with Crippen LogP contribution in [-0.4, -0.2) is 51.4 Å². The van der Waals surface area contributed by atoms with E-state index in [-0.39, 0.29) is 13.2 Å². The molecule has 0 amide bonds. The van der Waals surface area contributed by atoms with Crippen LogP contribution in [-0.2, 0) is 24.3 Å². The maximum atomic E-state index is 10.8. The van der Waals surface area contributed by atoms with Gasteiger partial charge in [0, 0.05) is 6.61 Å². The number of hydrogen-bond acceptors (Lipinski definition) is 5. The molecule has 0 saturated heterocycles. The van der Waals surface area contributed by atoms with Gasteiger partial charge in [-0.2, -0.15) is 8.42 Å². The van der Waals surface area contributed by atoms with Crippen LogP contribution in [0.25, 0.3) is 0 Å². The third-order valence-corrected chi connectivity index (χ3v) is 4.12. The molecule has 0 aliphatic rings. The summed E-state index contributed by atoms with van der Waals surface area (Å²) in [5.41, 5.74) is 0. The SMILES string of the molecule is C=CCOCC(COCCCCCCCCCCC)OCS(=O)(=O)O. The second kappa shape index (κ2) is 17.0. The Balaban J connectivity index is 3.66. The first-order valence-corrected chi connectivity index (χ1v) is 10.9. The first kappa shape index (κ1) is 24.5. The smallest absolute Gasteiger partial charge is 0.289 e. The van der Waals surface area contributed by atoms with Crippen molar-refractivity contribution >= 4 is 10.1 Å². The minimum absolute atomic E-state index is 0.194. The van der Waals surface area contributed by atoms with Gasteiger partial charge in [0.25, 0.3) is 10.1 Å². The van der Waals surface area contributed by atoms with Gasteiger partial charge in [0.1, 0.15) is 6.10 Å². The normalized spacial score (nSPS) is 13.0. The zero-order chi connectivity index (χ0) is 18.8. The first-order valence-electron chi connectivity index (χ1n) is 9.32. The molecule has 0 heterocycles. The summed E-state index contributed by atoms with van der Waals surface area (Å²) in [7, 11) is -4.16. The molecule has 0 aromatic carbocycles. The van der Waals surface area contributed by atoms with E-state index in [4.69, 9.17) is 18.8 Å². The molecule has 0 spiro atoms. The van der Waals surface area contributed by atoms with Crippen LogP contribution in [0.1, 0.15) is 64.7 Å². The monoisotopic (exact) mass is 380 g/mol. The highest BCUT2D eigenvalue weighted by molar-refractivity contribution is 7.85. The molecule has 1 unspecified atom stereocenters. The molecule has 7 heteroatoms. The van der Waals surface area contributed by atoms with Crippen LogP contribution in [0.5, 0.6) is 0 Å². The first-order chi connectivity index (χ1) is 12.0. The minimum Gasteiger partial charge on any atom is -0.379 e. The van der Waals surface area contributed by atoms with Crippen molar-refractivity contribution in [1.29, 1.82) is 0 Å². The molecule has 0 radical (unpaired) electrons. The minimum atomic E-state index is -4.16. The molecule has 0 aliphatic heterocycles. The van der Waals surface area contributed by atoms with Crippen LogP contribution < -0.4 is 0 Å². The fourth-order valence-corrected chi connectivity index (χ4v) is 2.70. The van der Waals surface area contributed by atoms with Crippen LogP contribution >= 0.6 is 0 Å². The molecule has 150 valence electrons. The Labute approximate surface area is 153 Å². The lowest BCUT2D eigenvalue weighted by molar-refractivity contribution is -0.0438. The highest BCUT2D eigenvalue weighted by Crippen LogP contribution is 2.09. The average Bonchev–Trinajstić information content (AvgIpc) is 2.56. The predicted molar refractivity (Wildman–Crippen MR) is 100 cm³/mol. The maximum Gasteiger partial charge on any atom is 0.289 e. The number of hydrogen-bond donors (Lipinski definition) is 1. The van der Waals surface area contributed by atoms with Crippen molar-refractivity contribution in [2.24, 2.45) is 0 Å². The van der Waals surface area contributed by atoms with E-state index in [0.717, 1.165) is 12.8 Å². The molecule has 0 fully saturated rings. The lowest BCUT2D eigenvalue weighted by Crippen LogP contribution is -2.28. The Morgan fingerprint density at radius 3 is 2.08 bits per heavy atom. The molecule has 0 aromatic heterocycles. The summed E-state index contributed by atoms with van der Waals surface area (Å²) in [6.45, 7) is 7.17. The summed E-state index contributed by atoms with van der Waals surface area (Å²) in [4.78, 5) is 0. The summed E-state index contributed by atoms with van der Waals surface area (Å²) in [6.07, 6.45) is 12.3. The van der Waals surface area contributed by atoms with Crippen LogP contribution in [0.3, 0.4) is 0 Å². The summed E-state index contributed by atoms with van der Waals surface area (Å²) >= 11 is 0. The van der Waals surface area contributed by atoms with Crippen molar-refractivity contribution in [3.05, 3.63) is 12.7 Å². The average molecular weight is 381 g/mol. The number of rotatable bonds is 19. The van der Waals surface area contributed by atoms with E-state index in [9.17, 15) is 8.42 Å². The van der Waals surface area contributed by atoms with Crippen molar-refractivity contribution in [1.82, 2.24) is 0 Å². The summed E-state index contributed by atoms with van der Waals surface area (Å²) in [6, 6.07) is 0. The second-order valence-electron chi connectivity index (χ2n) is 6.22. The van der Waals surface area contributed by atoms with Crippen LogP contribution in [0.2, 0.25) is 0 Å². The molecule has 1 atom stereocenters. The molecular weight excluding hydrogens is 344 g/mol. The van der Waals surface area contributed by atoms with E-state index < -0.39 is 22.2 Å². The highest BCUT2D eigenvalue weighted by Gasteiger charge is 2.14. The Hall–Kier alpha value is -0.470. The van der Waals surface area contributed by atoms with Gasteiger partial charge in [0.15, 0.2) is 5.94 Å². The molecular formula is C18H36O6S. The van der Waals surface area contributed by atoms with Crippen molar-refractivity contribution in [3.8, 4) is 0 Å². The Kier molecular flexibility index (Phi) is 16.7. The van der Waals surface area contributed by atoms with Crippen LogP contribution in [0.4, 0.5) is 0 Å². The van der Waals surface area contributed by atoms with Gasteiger partial charge >= 0.3 is 0 Å². The third kappa shape index (κ3) is 19.7. The molecule has 0 saturated carbocycles. The third-order valence-electron chi connectivity index (χ3n) is 3.69. The zero-order valence-corrected chi connectivity index (χ0v) is 16.5. The van der Waals surface area contributed by atoms with Crippen LogP contribution in [0, 0.1) is 0 Å². The van der Waals surface area contributed by atoms with Gasteiger partial charge in [-0.05, 0) is 6.42 Å². The Morgan fingerprint density at radius 2 is 1.52 bits per heavy atom. The van der Waals surface area contributed by atoms with E-state index in [1.54, 1.807) is 6.08 Å². The van der Waals surface area contributed by atoms with Gasteiger partial charge in [-0.15, -0.1) is 6.58 Å². The van der Waals surface area contributed by atoms with E-state index in [1.807, 2.05) is 0 Å². The fourth-order valence-electron chi connectivity index (χ4n) is 2.34. The van der Waals surface area contributed by atoms with Crippen molar-refractivity contribution in [2.45, 2.75) is 70.8 Å². The lowest BCUT2D eigenvalue weighted by Gasteiger charge is -2.17. The van der Waals surface area contributed by atoms with Crippen LogP contribution in [0.15, 0.2) is 12.7 Å². The molecule has 0 aliphatic carbocycles. The largest absolute Gasteiger partial charge is 0.379 e. The van der Waals surface area contributed by atoms with Crippen molar-refractivity contribution in [3.63, 3.8) is 0 Å². The highest BCUT2D eigenvalue weighted by atomic mass is 32.2. The molecule has 0 bridgehead atoms. The van der Waals surface area contributed by atoms with Gasteiger partial charge in [-0.3, -0.25) is 4.55 Å². The van der Waals surface area contributed by atoms with E-state index in [1.165, 1.54) is 44.9 Å². The van der Waals surface area contributed by atoms with Gasteiger partial charge in [0.2, 0.25) is 0 Å². The second-order valence-corrected chi connectivity index (χ2v) is 7.62. The van der Waals surface area contributed by atoms with Gasteiger partial charge < -0.3 is 14.2 Å². The quantitative estimate of drug-likeness (QED) is 0.207. The molecule has 0 aromatic rings. The van der Waals surface area contributed by atoms with Gasteiger partial charge in [-0.25, -0.2) is 0 Å². The Morgan fingerprint density at radius 1 is 0.960 bits per heavy atom.